The van der Waals surface area contributed by atoms with Crippen molar-refractivity contribution in [2.24, 2.45) is 0 Å². The van der Waals surface area contributed by atoms with Gasteiger partial charge in [-0.2, -0.15) is 0 Å². The molecule has 1 saturated heterocycles. The molecule has 98 valence electrons. The molecule has 4 heteroatoms. The largest absolute Gasteiger partial charge is 0.325 e. The molecule has 0 aromatic heterocycles. The van der Waals surface area contributed by atoms with Crippen LogP contribution in [0.15, 0.2) is 30.3 Å². The highest BCUT2D eigenvalue weighted by Gasteiger charge is 2.25. The summed E-state index contributed by atoms with van der Waals surface area (Å²) in [6.07, 6.45) is 0. The molecule has 1 amide bonds. The molecule has 0 aliphatic carbocycles. The maximum Gasteiger partial charge on any atom is 0.241 e. The Bertz CT molecular complexity index is 393. The van der Waals surface area contributed by atoms with Crippen molar-refractivity contribution in [3.8, 4) is 0 Å². The second-order valence-corrected chi connectivity index (χ2v) is 4.88. The van der Waals surface area contributed by atoms with E-state index >= 15 is 0 Å². The SMILES string of the molecule is CC(C(=O)Nc1ccccc1)N1CCN[C@@H](C)C1. The van der Waals surface area contributed by atoms with Gasteiger partial charge in [0.15, 0.2) is 0 Å². The first-order chi connectivity index (χ1) is 8.66. The maximum absolute atomic E-state index is 12.1. The van der Waals surface area contributed by atoms with Crippen LogP contribution in [0.3, 0.4) is 0 Å². The van der Waals surface area contributed by atoms with Crippen molar-refractivity contribution in [3.05, 3.63) is 30.3 Å². The van der Waals surface area contributed by atoms with E-state index in [2.05, 4.69) is 22.5 Å². The third-order valence-corrected chi connectivity index (χ3v) is 3.37. The van der Waals surface area contributed by atoms with Crippen molar-refractivity contribution in [1.82, 2.24) is 10.2 Å². The van der Waals surface area contributed by atoms with Gasteiger partial charge in [0, 0.05) is 31.4 Å². The Morgan fingerprint density at radius 2 is 2.17 bits per heavy atom. The molecule has 4 nitrogen and oxygen atoms in total. The van der Waals surface area contributed by atoms with Crippen molar-refractivity contribution in [2.45, 2.75) is 25.9 Å². The number of amides is 1. The lowest BCUT2D eigenvalue weighted by Gasteiger charge is -2.35. The predicted octanol–water partition coefficient (Wildman–Crippen LogP) is 1.31. The Kier molecular flexibility index (Phi) is 4.33. The number of nitrogens with zero attached hydrogens (tertiary/aromatic N) is 1. The minimum Gasteiger partial charge on any atom is -0.325 e. The first-order valence-electron chi connectivity index (χ1n) is 6.50. The molecule has 1 unspecified atom stereocenters. The summed E-state index contributed by atoms with van der Waals surface area (Å²) in [6, 6.07) is 9.97. The van der Waals surface area contributed by atoms with Crippen LogP contribution in [0.5, 0.6) is 0 Å². The van der Waals surface area contributed by atoms with Crippen LogP contribution in [-0.2, 0) is 4.79 Å². The first kappa shape index (κ1) is 13.1. The van der Waals surface area contributed by atoms with Crippen molar-refractivity contribution < 1.29 is 4.79 Å². The molecule has 1 fully saturated rings. The quantitative estimate of drug-likeness (QED) is 0.846. The van der Waals surface area contributed by atoms with Gasteiger partial charge in [-0.3, -0.25) is 9.69 Å². The Hall–Kier alpha value is -1.39. The van der Waals surface area contributed by atoms with Gasteiger partial charge in [-0.05, 0) is 26.0 Å². The molecule has 0 bridgehead atoms. The fourth-order valence-electron chi connectivity index (χ4n) is 2.25. The van der Waals surface area contributed by atoms with E-state index in [4.69, 9.17) is 0 Å². The molecule has 1 aliphatic heterocycles. The highest BCUT2D eigenvalue weighted by molar-refractivity contribution is 5.94. The number of para-hydroxylation sites is 1. The maximum atomic E-state index is 12.1. The molecule has 18 heavy (non-hydrogen) atoms. The zero-order valence-electron chi connectivity index (χ0n) is 11.0. The summed E-state index contributed by atoms with van der Waals surface area (Å²) in [5.41, 5.74) is 0.859. The van der Waals surface area contributed by atoms with Gasteiger partial charge in [-0.25, -0.2) is 0 Å². The molecule has 1 aliphatic rings. The van der Waals surface area contributed by atoms with E-state index < -0.39 is 0 Å². The zero-order chi connectivity index (χ0) is 13.0. The summed E-state index contributed by atoms with van der Waals surface area (Å²) < 4.78 is 0. The third-order valence-electron chi connectivity index (χ3n) is 3.37. The van der Waals surface area contributed by atoms with Crippen molar-refractivity contribution in [3.63, 3.8) is 0 Å². The van der Waals surface area contributed by atoms with Crippen LogP contribution in [0.4, 0.5) is 5.69 Å². The second kappa shape index (κ2) is 5.98. The zero-order valence-corrected chi connectivity index (χ0v) is 11.0. The van der Waals surface area contributed by atoms with Crippen LogP contribution < -0.4 is 10.6 Å². The van der Waals surface area contributed by atoms with Gasteiger partial charge >= 0.3 is 0 Å². The van der Waals surface area contributed by atoms with E-state index in [1.165, 1.54) is 0 Å². The van der Waals surface area contributed by atoms with E-state index in [0.717, 1.165) is 25.3 Å². The van der Waals surface area contributed by atoms with Gasteiger partial charge in [-0.15, -0.1) is 0 Å². The van der Waals surface area contributed by atoms with E-state index in [1.54, 1.807) is 0 Å². The molecule has 2 N–H and O–H groups in total. The minimum atomic E-state index is -0.0882. The summed E-state index contributed by atoms with van der Waals surface area (Å²) in [6.45, 7) is 6.91. The molecule has 1 aromatic rings. The van der Waals surface area contributed by atoms with Gasteiger partial charge in [0.2, 0.25) is 5.91 Å². The average Bonchev–Trinajstić information content (AvgIpc) is 2.39. The molecular formula is C14H21N3O. The fourth-order valence-corrected chi connectivity index (χ4v) is 2.25. The number of nitrogens with one attached hydrogen (secondary N) is 2. The molecule has 2 atom stereocenters. The van der Waals surface area contributed by atoms with Crippen molar-refractivity contribution in [2.75, 3.05) is 25.0 Å². The predicted molar refractivity (Wildman–Crippen MR) is 73.6 cm³/mol. The number of hydrogen-bond acceptors (Lipinski definition) is 3. The molecule has 0 radical (unpaired) electrons. The van der Waals surface area contributed by atoms with Gasteiger partial charge in [0.25, 0.3) is 0 Å². The van der Waals surface area contributed by atoms with E-state index in [1.807, 2.05) is 37.3 Å². The number of hydrogen-bond donors (Lipinski definition) is 2. The molecule has 1 aromatic carbocycles. The highest BCUT2D eigenvalue weighted by Crippen LogP contribution is 2.09. The summed E-state index contributed by atoms with van der Waals surface area (Å²) in [4.78, 5) is 14.4. The number of benzene rings is 1. The van der Waals surface area contributed by atoms with Crippen LogP contribution in [0.25, 0.3) is 0 Å². The van der Waals surface area contributed by atoms with Gasteiger partial charge in [0.1, 0.15) is 0 Å². The number of rotatable bonds is 3. The summed E-state index contributed by atoms with van der Waals surface area (Å²) >= 11 is 0. The number of anilines is 1. The van der Waals surface area contributed by atoms with Gasteiger partial charge < -0.3 is 10.6 Å². The number of carbonyl (C=O) groups is 1. The first-order valence-corrected chi connectivity index (χ1v) is 6.50. The van der Waals surface area contributed by atoms with E-state index in [-0.39, 0.29) is 11.9 Å². The standard InChI is InChI=1S/C14H21N3O/c1-11-10-17(9-8-15-11)12(2)14(18)16-13-6-4-3-5-7-13/h3-7,11-12,15H,8-10H2,1-2H3,(H,16,18)/t11-,12?/m0/s1. The van der Waals surface area contributed by atoms with Crippen molar-refractivity contribution in [1.29, 1.82) is 0 Å². The summed E-state index contributed by atoms with van der Waals surface area (Å²) in [7, 11) is 0. The monoisotopic (exact) mass is 247 g/mol. The smallest absolute Gasteiger partial charge is 0.241 e. The number of carbonyl (C=O) groups excluding carboxylic acids is 1. The lowest BCUT2D eigenvalue weighted by Crippen LogP contribution is -2.54. The summed E-state index contributed by atoms with van der Waals surface area (Å²) in [5.74, 6) is 0.0651. The highest BCUT2D eigenvalue weighted by atomic mass is 16.2. The van der Waals surface area contributed by atoms with Gasteiger partial charge in [0.05, 0.1) is 6.04 Å². The Morgan fingerprint density at radius 3 is 2.83 bits per heavy atom. The minimum absolute atomic E-state index is 0.0651. The Morgan fingerprint density at radius 1 is 1.44 bits per heavy atom. The van der Waals surface area contributed by atoms with Crippen LogP contribution >= 0.6 is 0 Å². The van der Waals surface area contributed by atoms with Gasteiger partial charge in [-0.1, -0.05) is 18.2 Å². The molecule has 2 rings (SSSR count). The lowest BCUT2D eigenvalue weighted by molar-refractivity contribution is -0.121. The van der Waals surface area contributed by atoms with Crippen LogP contribution in [0, 0.1) is 0 Å². The number of piperazine rings is 1. The topological polar surface area (TPSA) is 44.4 Å². The Balaban J connectivity index is 1.92. The molecule has 0 spiro atoms. The van der Waals surface area contributed by atoms with Crippen LogP contribution in [0.2, 0.25) is 0 Å². The normalized spacial score (nSPS) is 22.4. The molecular weight excluding hydrogens is 226 g/mol. The van der Waals surface area contributed by atoms with Crippen molar-refractivity contribution >= 4 is 11.6 Å². The third kappa shape index (κ3) is 3.31. The van der Waals surface area contributed by atoms with E-state index in [9.17, 15) is 4.79 Å². The summed E-state index contributed by atoms with van der Waals surface area (Å²) in [5, 5.41) is 6.33. The van der Waals surface area contributed by atoms with E-state index in [0.29, 0.717) is 6.04 Å². The Labute approximate surface area is 108 Å². The molecule has 0 saturated carbocycles. The second-order valence-electron chi connectivity index (χ2n) is 4.88. The van der Waals surface area contributed by atoms with Crippen LogP contribution in [0.1, 0.15) is 13.8 Å². The average molecular weight is 247 g/mol. The van der Waals surface area contributed by atoms with Crippen LogP contribution in [-0.4, -0.2) is 42.5 Å². The lowest BCUT2D eigenvalue weighted by atomic mass is 10.1. The molecule has 1 heterocycles. The fraction of sp³-hybridized carbons (Fsp3) is 0.500.